The fraction of sp³-hybridized carbons (Fsp3) is 0.436. The highest BCUT2D eigenvalue weighted by molar-refractivity contribution is 6.04. The normalized spacial score (nSPS) is 27.0. The molecule has 4 saturated heterocycles. The SMILES string of the molecule is C#Cc1c(F)ccc2cc(O)cc(-c3ccc4c(N5C[C@@H]6CC[C@](COC7CC7)(C5)N6)nc(OCC56CCCN5C/C(=C\F)C6)nc4c3F)c12. The number of aromatic hydroxyl groups is 1. The fourth-order valence-electron chi connectivity index (χ4n) is 8.89. The number of nitrogens with one attached hydrogen (secondary N) is 1. The number of phenolic OH excluding ortho intramolecular Hbond substituents is 1. The Balaban J connectivity index is 1.17. The summed E-state index contributed by atoms with van der Waals surface area (Å²) in [5.74, 6) is 1.59. The number of terminal acetylenes is 1. The molecule has 0 spiro atoms. The van der Waals surface area contributed by atoms with Crippen LogP contribution in [0.3, 0.4) is 0 Å². The topological polar surface area (TPSA) is 83.0 Å². The van der Waals surface area contributed by atoms with Crippen molar-refractivity contribution in [1.82, 2.24) is 20.2 Å². The second kappa shape index (κ2) is 11.9. The molecule has 50 heavy (non-hydrogen) atoms. The predicted molar refractivity (Wildman–Crippen MR) is 185 cm³/mol. The Kier molecular flexibility index (Phi) is 7.50. The average Bonchev–Trinajstić information content (AvgIpc) is 3.67. The van der Waals surface area contributed by atoms with Gasteiger partial charge in [-0.3, -0.25) is 4.90 Å². The molecule has 2 bridgehead atoms. The van der Waals surface area contributed by atoms with E-state index in [1.54, 1.807) is 12.1 Å². The van der Waals surface area contributed by atoms with Crippen LogP contribution in [0.25, 0.3) is 32.8 Å². The third kappa shape index (κ3) is 5.27. The Morgan fingerprint density at radius 3 is 2.78 bits per heavy atom. The van der Waals surface area contributed by atoms with E-state index in [0.29, 0.717) is 67.1 Å². The van der Waals surface area contributed by atoms with E-state index in [0.717, 1.165) is 50.6 Å². The third-order valence-electron chi connectivity index (χ3n) is 11.4. The van der Waals surface area contributed by atoms with E-state index < -0.39 is 11.6 Å². The highest BCUT2D eigenvalue weighted by Gasteiger charge is 2.48. The van der Waals surface area contributed by atoms with Crippen LogP contribution in [0.15, 0.2) is 48.3 Å². The molecule has 5 heterocycles. The van der Waals surface area contributed by atoms with E-state index >= 15 is 4.39 Å². The van der Waals surface area contributed by atoms with E-state index in [1.807, 2.05) is 0 Å². The number of phenols is 1. The van der Waals surface area contributed by atoms with Crippen molar-refractivity contribution in [3.8, 4) is 35.2 Å². The number of hydrogen-bond acceptors (Lipinski definition) is 8. The molecule has 0 radical (unpaired) electrons. The lowest BCUT2D eigenvalue weighted by atomic mass is 9.93. The van der Waals surface area contributed by atoms with Gasteiger partial charge in [-0.25, -0.2) is 13.2 Å². The van der Waals surface area contributed by atoms with Crippen molar-refractivity contribution in [2.24, 2.45) is 0 Å². The zero-order valence-corrected chi connectivity index (χ0v) is 27.7. The van der Waals surface area contributed by atoms with Crippen LogP contribution in [-0.2, 0) is 4.74 Å². The van der Waals surface area contributed by atoms with E-state index in [9.17, 15) is 13.9 Å². The molecule has 1 saturated carbocycles. The third-order valence-corrected chi connectivity index (χ3v) is 11.4. The predicted octanol–water partition coefficient (Wildman–Crippen LogP) is 6.38. The number of anilines is 1. The molecule has 4 aromatic rings. The Labute approximate surface area is 288 Å². The summed E-state index contributed by atoms with van der Waals surface area (Å²) < 4.78 is 58.3. The molecule has 1 unspecified atom stereocenters. The van der Waals surface area contributed by atoms with Crippen molar-refractivity contribution in [2.45, 2.75) is 68.2 Å². The Morgan fingerprint density at radius 2 is 1.96 bits per heavy atom. The molecule has 3 aromatic carbocycles. The first-order valence-electron chi connectivity index (χ1n) is 17.5. The number of hydrogen-bond donors (Lipinski definition) is 2. The van der Waals surface area contributed by atoms with Gasteiger partial charge in [0.15, 0.2) is 5.82 Å². The number of ether oxygens (including phenoxy) is 2. The monoisotopic (exact) mass is 681 g/mol. The van der Waals surface area contributed by atoms with E-state index in [4.69, 9.17) is 20.9 Å². The number of fused-ring (bicyclic) bond motifs is 5. The lowest BCUT2D eigenvalue weighted by molar-refractivity contribution is 0.0606. The summed E-state index contributed by atoms with van der Waals surface area (Å²) in [6, 6.07) is 9.28. The van der Waals surface area contributed by atoms with Crippen LogP contribution in [-0.4, -0.2) is 82.6 Å². The lowest BCUT2D eigenvalue weighted by Gasteiger charge is -2.42. The quantitative estimate of drug-likeness (QED) is 0.208. The second-order valence-corrected chi connectivity index (χ2v) is 14.8. The molecular weight excluding hydrogens is 643 g/mol. The van der Waals surface area contributed by atoms with Gasteiger partial charge in [0.05, 0.1) is 35.7 Å². The summed E-state index contributed by atoms with van der Waals surface area (Å²) in [6.07, 6.45) is 13.3. The van der Waals surface area contributed by atoms with Crippen LogP contribution in [0.1, 0.15) is 50.5 Å². The zero-order chi connectivity index (χ0) is 34.2. The maximum Gasteiger partial charge on any atom is 0.319 e. The first-order valence-corrected chi connectivity index (χ1v) is 17.5. The van der Waals surface area contributed by atoms with Crippen molar-refractivity contribution in [3.05, 3.63) is 65.5 Å². The van der Waals surface area contributed by atoms with Crippen LogP contribution in [0.2, 0.25) is 0 Å². The van der Waals surface area contributed by atoms with Gasteiger partial charge in [-0.2, -0.15) is 9.97 Å². The molecule has 11 heteroatoms. The van der Waals surface area contributed by atoms with Crippen LogP contribution >= 0.6 is 0 Å². The highest BCUT2D eigenvalue weighted by Crippen LogP contribution is 2.44. The first-order chi connectivity index (χ1) is 24.3. The summed E-state index contributed by atoms with van der Waals surface area (Å²) >= 11 is 0. The van der Waals surface area contributed by atoms with Crippen molar-refractivity contribution in [2.75, 3.05) is 44.3 Å². The number of aromatic nitrogens is 2. The standard InChI is InChI=1S/C39H38F3N5O3/c1-2-28-32(41)9-4-24-14-26(48)15-31(33(24)28)29-7-8-30-35(34(29)42)43-37(50-22-39-11-3-13-47(39)18-23(16-39)17-40)44-36(30)46-19-25-10-12-38(20-46,45-25)21-49-27-5-6-27/h1,4,7-9,14-15,17,25,27,45,48H,3,5-6,10-13,16,18-22H2/b23-17-/t25-,38+,39?/m0/s1. The smallest absolute Gasteiger partial charge is 0.319 e. The van der Waals surface area contributed by atoms with Crippen molar-refractivity contribution >= 4 is 27.5 Å². The average molecular weight is 682 g/mol. The van der Waals surface area contributed by atoms with E-state index in [-0.39, 0.29) is 57.7 Å². The molecule has 3 atom stereocenters. The van der Waals surface area contributed by atoms with Gasteiger partial charge >= 0.3 is 6.01 Å². The minimum Gasteiger partial charge on any atom is -0.508 e. The molecule has 0 amide bonds. The molecule has 9 rings (SSSR count). The van der Waals surface area contributed by atoms with Gasteiger partial charge in [0.25, 0.3) is 0 Å². The van der Waals surface area contributed by atoms with Crippen LogP contribution in [0, 0.1) is 24.0 Å². The number of benzene rings is 3. The second-order valence-electron chi connectivity index (χ2n) is 14.8. The van der Waals surface area contributed by atoms with Crippen LogP contribution in [0.4, 0.5) is 19.0 Å². The molecule has 1 aliphatic carbocycles. The molecule has 8 nitrogen and oxygen atoms in total. The molecular formula is C39H38F3N5O3. The lowest BCUT2D eigenvalue weighted by Crippen LogP contribution is -2.62. The number of halogens is 3. The summed E-state index contributed by atoms with van der Waals surface area (Å²) in [6.45, 7) is 3.54. The summed E-state index contributed by atoms with van der Waals surface area (Å²) in [4.78, 5) is 14.1. The summed E-state index contributed by atoms with van der Waals surface area (Å²) in [5, 5.41) is 15.8. The molecule has 4 aliphatic heterocycles. The number of rotatable bonds is 8. The van der Waals surface area contributed by atoms with Crippen molar-refractivity contribution < 1.29 is 27.8 Å². The van der Waals surface area contributed by atoms with Gasteiger partial charge in [0.1, 0.15) is 29.5 Å². The Morgan fingerprint density at radius 1 is 1.08 bits per heavy atom. The van der Waals surface area contributed by atoms with Crippen molar-refractivity contribution in [1.29, 1.82) is 0 Å². The summed E-state index contributed by atoms with van der Waals surface area (Å²) in [5.41, 5.74) is 0.510. The molecule has 5 fully saturated rings. The summed E-state index contributed by atoms with van der Waals surface area (Å²) in [7, 11) is 0. The van der Waals surface area contributed by atoms with E-state index in [2.05, 4.69) is 26.0 Å². The highest BCUT2D eigenvalue weighted by atomic mass is 19.1. The van der Waals surface area contributed by atoms with Crippen LogP contribution < -0.4 is 15.0 Å². The van der Waals surface area contributed by atoms with Gasteiger partial charge in [0.2, 0.25) is 0 Å². The first kappa shape index (κ1) is 31.6. The van der Waals surface area contributed by atoms with Crippen molar-refractivity contribution in [3.63, 3.8) is 0 Å². The largest absolute Gasteiger partial charge is 0.508 e. The molecule has 258 valence electrons. The molecule has 1 aromatic heterocycles. The molecule has 2 N–H and O–H groups in total. The number of piperazine rings is 1. The van der Waals surface area contributed by atoms with Gasteiger partial charge in [0, 0.05) is 42.0 Å². The Hall–Kier alpha value is -4.37. The van der Waals surface area contributed by atoms with E-state index in [1.165, 1.54) is 24.3 Å². The van der Waals surface area contributed by atoms with Gasteiger partial charge in [-0.05, 0) is 92.3 Å². The Bertz CT molecular complexity index is 2120. The van der Waals surface area contributed by atoms with Gasteiger partial charge < -0.3 is 24.8 Å². The zero-order valence-electron chi connectivity index (χ0n) is 27.7. The maximum atomic E-state index is 17.1. The maximum absolute atomic E-state index is 17.1. The fourth-order valence-corrected chi connectivity index (χ4v) is 8.89. The van der Waals surface area contributed by atoms with Gasteiger partial charge in [-0.15, -0.1) is 6.42 Å². The van der Waals surface area contributed by atoms with Gasteiger partial charge in [-0.1, -0.05) is 18.1 Å². The minimum absolute atomic E-state index is 0.0157. The minimum atomic E-state index is -0.663. The molecule has 5 aliphatic rings. The number of nitrogens with zero attached hydrogens (tertiary/aromatic N) is 4. The van der Waals surface area contributed by atoms with Crippen LogP contribution in [0.5, 0.6) is 11.8 Å².